The van der Waals surface area contributed by atoms with Crippen molar-refractivity contribution in [3.63, 3.8) is 0 Å². The van der Waals surface area contributed by atoms with Gasteiger partial charge in [-0.2, -0.15) is 0 Å². The van der Waals surface area contributed by atoms with E-state index in [0.717, 1.165) is 0 Å². The van der Waals surface area contributed by atoms with Gasteiger partial charge in [0.05, 0.1) is 13.2 Å². The maximum atomic E-state index is 11.2. The SMILES string of the molecule is O=C(O)COCOC(CO)C(OC(OC(CO)C(=O)O)C(=O)O)C(=O)O. The molecule has 0 amide bonds. The summed E-state index contributed by atoms with van der Waals surface area (Å²) in [5, 5.41) is 53.1. The Morgan fingerprint density at radius 2 is 1.42 bits per heavy atom. The Balaban J connectivity index is 5.05. The van der Waals surface area contributed by atoms with Crippen molar-refractivity contribution < 1.29 is 68.8 Å². The fourth-order valence-corrected chi connectivity index (χ4v) is 1.42. The molecule has 0 aliphatic carbocycles. The van der Waals surface area contributed by atoms with Crippen molar-refractivity contribution in [2.75, 3.05) is 26.6 Å². The van der Waals surface area contributed by atoms with E-state index >= 15 is 0 Å². The second-order valence-electron chi connectivity index (χ2n) is 4.46. The first-order chi connectivity index (χ1) is 12.1. The van der Waals surface area contributed by atoms with E-state index in [-0.39, 0.29) is 0 Å². The first-order valence-corrected chi connectivity index (χ1v) is 6.76. The Morgan fingerprint density at radius 1 is 0.808 bits per heavy atom. The molecule has 6 N–H and O–H groups in total. The quantitative estimate of drug-likeness (QED) is 0.120. The van der Waals surface area contributed by atoms with Gasteiger partial charge < -0.3 is 49.6 Å². The lowest BCUT2D eigenvalue weighted by Crippen LogP contribution is -2.47. The number of carbonyl (C=O) groups is 4. The highest BCUT2D eigenvalue weighted by molar-refractivity contribution is 5.76. The number of ether oxygens (including phenoxy) is 4. The average Bonchev–Trinajstić information content (AvgIpc) is 2.54. The lowest BCUT2D eigenvalue weighted by atomic mass is 10.2. The molecule has 0 heterocycles. The van der Waals surface area contributed by atoms with Gasteiger partial charge in [-0.25, -0.2) is 19.2 Å². The number of carboxylic acids is 4. The number of hydrogen-bond donors (Lipinski definition) is 6. The van der Waals surface area contributed by atoms with Crippen LogP contribution < -0.4 is 0 Å². The van der Waals surface area contributed by atoms with Crippen LogP contribution in [0.15, 0.2) is 0 Å². The first kappa shape index (κ1) is 23.6. The first-order valence-electron chi connectivity index (χ1n) is 6.76. The van der Waals surface area contributed by atoms with E-state index in [1.165, 1.54) is 0 Å². The Labute approximate surface area is 145 Å². The third-order valence-electron chi connectivity index (χ3n) is 2.55. The maximum Gasteiger partial charge on any atom is 0.361 e. The molecule has 0 aromatic heterocycles. The van der Waals surface area contributed by atoms with Gasteiger partial charge in [-0.3, -0.25) is 0 Å². The average molecular weight is 386 g/mol. The molecule has 0 radical (unpaired) electrons. The summed E-state index contributed by atoms with van der Waals surface area (Å²) in [7, 11) is 0. The van der Waals surface area contributed by atoms with Crippen LogP contribution in [0, 0.1) is 0 Å². The number of hydrogen-bond acceptors (Lipinski definition) is 10. The van der Waals surface area contributed by atoms with E-state index in [1.54, 1.807) is 0 Å². The van der Waals surface area contributed by atoms with Crippen LogP contribution in [0.3, 0.4) is 0 Å². The van der Waals surface area contributed by atoms with Gasteiger partial charge >= 0.3 is 23.9 Å². The molecule has 0 aliphatic heterocycles. The molecule has 0 rings (SSSR count). The number of carboxylic acid groups (broad SMARTS) is 4. The molecule has 0 aromatic rings. The summed E-state index contributed by atoms with van der Waals surface area (Å²) in [5.74, 6) is -6.78. The Bertz CT molecular complexity index is 490. The van der Waals surface area contributed by atoms with E-state index in [4.69, 9.17) is 35.4 Å². The van der Waals surface area contributed by atoms with E-state index in [1.807, 2.05) is 0 Å². The molecule has 0 fully saturated rings. The molecule has 0 saturated carbocycles. The third kappa shape index (κ3) is 8.65. The van der Waals surface area contributed by atoms with Crippen molar-refractivity contribution in [2.45, 2.75) is 24.6 Å². The zero-order valence-electron chi connectivity index (χ0n) is 13.1. The van der Waals surface area contributed by atoms with Crippen LogP contribution in [-0.4, -0.2) is 106 Å². The topological polar surface area (TPSA) is 227 Å². The minimum absolute atomic E-state index is 0.766. The molecule has 0 bridgehead atoms. The van der Waals surface area contributed by atoms with Crippen molar-refractivity contribution in [3.8, 4) is 0 Å². The molecule has 14 heteroatoms. The molecule has 150 valence electrons. The van der Waals surface area contributed by atoms with Crippen LogP contribution in [0.5, 0.6) is 0 Å². The third-order valence-corrected chi connectivity index (χ3v) is 2.55. The van der Waals surface area contributed by atoms with Crippen molar-refractivity contribution in [3.05, 3.63) is 0 Å². The van der Waals surface area contributed by atoms with Gasteiger partial charge in [0.2, 0.25) is 0 Å². The number of aliphatic hydroxyl groups excluding tert-OH is 2. The fraction of sp³-hybridized carbons (Fsp3) is 0.667. The smallest absolute Gasteiger partial charge is 0.361 e. The summed E-state index contributed by atoms with van der Waals surface area (Å²) >= 11 is 0. The van der Waals surface area contributed by atoms with Crippen molar-refractivity contribution in [1.29, 1.82) is 0 Å². The van der Waals surface area contributed by atoms with Gasteiger partial charge in [0.1, 0.15) is 19.5 Å². The predicted molar refractivity (Wildman–Crippen MR) is 73.9 cm³/mol. The molecular weight excluding hydrogens is 368 g/mol. The van der Waals surface area contributed by atoms with Gasteiger partial charge in [0.15, 0.2) is 12.2 Å². The highest BCUT2D eigenvalue weighted by atomic mass is 16.7. The van der Waals surface area contributed by atoms with Crippen LogP contribution in [0.25, 0.3) is 0 Å². The van der Waals surface area contributed by atoms with Gasteiger partial charge in [-0.15, -0.1) is 0 Å². The molecule has 26 heavy (non-hydrogen) atoms. The van der Waals surface area contributed by atoms with Gasteiger partial charge in [-0.1, -0.05) is 0 Å². The van der Waals surface area contributed by atoms with E-state index in [9.17, 15) is 19.2 Å². The van der Waals surface area contributed by atoms with Crippen LogP contribution in [0.4, 0.5) is 0 Å². The highest BCUT2D eigenvalue weighted by Gasteiger charge is 2.37. The van der Waals surface area contributed by atoms with Crippen LogP contribution >= 0.6 is 0 Å². The van der Waals surface area contributed by atoms with Crippen LogP contribution in [0.1, 0.15) is 0 Å². The normalized spacial score (nSPS) is 15.6. The highest BCUT2D eigenvalue weighted by Crippen LogP contribution is 2.12. The molecule has 4 unspecified atom stereocenters. The van der Waals surface area contributed by atoms with E-state index < -0.39 is 75.1 Å². The molecule has 0 aliphatic rings. The lowest BCUT2D eigenvalue weighted by molar-refractivity contribution is -0.241. The summed E-state index contributed by atoms with van der Waals surface area (Å²) in [4.78, 5) is 43.3. The summed E-state index contributed by atoms with van der Waals surface area (Å²) in [5.41, 5.74) is 0. The number of aliphatic hydroxyl groups is 2. The van der Waals surface area contributed by atoms with E-state index in [0.29, 0.717) is 0 Å². The molecule has 0 saturated heterocycles. The fourth-order valence-electron chi connectivity index (χ4n) is 1.42. The molecule has 4 atom stereocenters. The Kier molecular flexibility index (Phi) is 11.0. The van der Waals surface area contributed by atoms with Gasteiger partial charge in [0.25, 0.3) is 6.29 Å². The Hall–Kier alpha value is -2.36. The monoisotopic (exact) mass is 386 g/mol. The minimum atomic E-state index is -2.43. The van der Waals surface area contributed by atoms with Crippen molar-refractivity contribution in [2.24, 2.45) is 0 Å². The summed E-state index contributed by atoms with van der Waals surface area (Å²) in [6, 6.07) is 0. The minimum Gasteiger partial charge on any atom is -0.480 e. The molecule has 0 spiro atoms. The summed E-state index contributed by atoms with van der Waals surface area (Å²) < 4.78 is 18.4. The van der Waals surface area contributed by atoms with Crippen molar-refractivity contribution >= 4 is 23.9 Å². The Morgan fingerprint density at radius 3 is 1.81 bits per heavy atom. The number of aliphatic carboxylic acids is 4. The molecule has 0 aromatic carbocycles. The van der Waals surface area contributed by atoms with E-state index in [2.05, 4.69) is 14.2 Å². The second-order valence-corrected chi connectivity index (χ2v) is 4.46. The number of rotatable bonds is 15. The summed E-state index contributed by atoms with van der Waals surface area (Å²) in [6.07, 6.45) is -8.30. The lowest BCUT2D eigenvalue weighted by Gasteiger charge is -2.26. The van der Waals surface area contributed by atoms with Crippen LogP contribution in [-0.2, 0) is 38.1 Å². The largest absolute Gasteiger partial charge is 0.480 e. The second kappa shape index (κ2) is 12.1. The van der Waals surface area contributed by atoms with Gasteiger partial charge in [0, 0.05) is 0 Å². The van der Waals surface area contributed by atoms with Gasteiger partial charge in [-0.05, 0) is 0 Å². The predicted octanol–water partition coefficient (Wildman–Crippen LogP) is -3.23. The van der Waals surface area contributed by atoms with Crippen LogP contribution in [0.2, 0.25) is 0 Å². The van der Waals surface area contributed by atoms with Crippen molar-refractivity contribution in [1.82, 2.24) is 0 Å². The molecular formula is C12H18O14. The zero-order valence-corrected chi connectivity index (χ0v) is 13.1. The summed E-state index contributed by atoms with van der Waals surface area (Å²) in [6.45, 7) is -3.67. The molecule has 14 nitrogen and oxygen atoms in total. The standard InChI is InChI=1S/C12H18O14/c13-1-5(24-4-23-3-7(15)16)8(10(19)20)26-12(11(21)22)25-6(2-14)9(17)18/h5-6,8,12-14H,1-4H2,(H,15,16)(H,17,18)(H,19,20)(H,21,22). The maximum absolute atomic E-state index is 11.2. The zero-order chi connectivity index (χ0) is 20.3.